The smallest absolute Gasteiger partial charge is 0.233 e. The number of halogens is 1. The molecule has 8 heteroatoms. The Hall–Kier alpha value is -5.11. The van der Waals surface area contributed by atoms with Gasteiger partial charge in [0.15, 0.2) is 11.6 Å². The number of phenols is 1. The third-order valence-corrected chi connectivity index (χ3v) is 13.1. The van der Waals surface area contributed by atoms with Gasteiger partial charge in [-0.15, -0.1) is 0 Å². The summed E-state index contributed by atoms with van der Waals surface area (Å²) in [6.45, 7) is 2.38. The van der Waals surface area contributed by atoms with Gasteiger partial charge >= 0.3 is 0 Å². The summed E-state index contributed by atoms with van der Waals surface area (Å²) in [4.78, 5) is 63.4. The topological polar surface area (TPSA) is 95.0 Å². The molecule has 2 heterocycles. The molecular weight excluding hydrogens is 696 g/mol. The summed E-state index contributed by atoms with van der Waals surface area (Å²) < 4.78 is 0. The lowest BCUT2D eigenvalue weighted by atomic mass is 9.44. The lowest BCUT2D eigenvalue weighted by Gasteiger charge is -2.55. The van der Waals surface area contributed by atoms with Crippen LogP contribution >= 0.6 is 11.6 Å². The summed E-state index contributed by atoms with van der Waals surface area (Å²) in [6.07, 6.45) is 5.47. The number of imide groups is 1. The number of phenolic OH excluding ortho intramolecular Hbond substituents is 1. The minimum absolute atomic E-state index is 0.0436. The van der Waals surface area contributed by atoms with Crippen LogP contribution in [-0.4, -0.2) is 57.4 Å². The number of likely N-dealkylation sites (tertiary alicyclic amines) is 2. The van der Waals surface area contributed by atoms with Gasteiger partial charge in [-0.05, 0) is 72.6 Å². The molecule has 0 bridgehead atoms. The second kappa shape index (κ2) is 13.6. The Balaban J connectivity index is 1.13. The van der Waals surface area contributed by atoms with Gasteiger partial charge < -0.3 is 5.11 Å². The highest BCUT2D eigenvalue weighted by Gasteiger charge is 2.66. The first-order chi connectivity index (χ1) is 26.3. The average molecular weight is 737 g/mol. The SMILES string of the molecule is O=C1C(c2ccccc2)=CC(=O)C2(c3ccccc3)C1CC1C(=CCC3C(=O)N(C4CCN(Cc5ccccc5)CC4)C(=O)C31)C2c1cc(Cl)ccc1O. The van der Waals surface area contributed by atoms with Crippen LogP contribution < -0.4 is 0 Å². The molecule has 3 aliphatic carbocycles. The molecule has 1 saturated carbocycles. The van der Waals surface area contributed by atoms with Crippen molar-refractivity contribution in [1.82, 2.24) is 9.80 Å². The first-order valence-corrected chi connectivity index (χ1v) is 19.4. The summed E-state index contributed by atoms with van der Waals surface area (Å²) in [5.74, 6) is -4.20. The van der Waals surface area contributed by atoms with Crippen LogP contribution in [0.1, 0.15) is 53.9 Å². The van der Waals surface area contributed by atoms with Crippen LogP contribution in [0, 0.1) is 23.7 Å². The van der Waals surface area contributed by atoms with Crippen molar-refractivity contribution < 1.29 is 24.3 Å². The number of allylic oxidation sites excluding steroid dienone is 4. The Morgan fingerprint density at radius 2 is 1.44 bits per heavy atom. The van der Waals surface area contributed by atoms with Crippen LogP contribution in [0.25, 0.3) is 5.57 Å². The number of carbonyl (C=O) groups is 4. The zero-order valence-electron chi connectivity index (χ0n) is 29.8. The van der Waals surface area contributed by atoms with Crippen molar-refractivity contribution in [2.75, 3.05) is 13.1 Å². The van der Waals surface area contributed by atoms with E-state index in [1.54, 1.807) is 17.0 Å². The van der Waals surface area contributed by atoms with Crippen molar-refractivity contribution in [3.8, 4) is 5.75 Å². The lowest BCUT2D eigenvalue weighted by Crippen LogP contribution is -2.59. The second-order valence-corrected chi connectivity index (χ2v) is 16.0. The van der Waals surface area contributed by atoms with Crippen molar-refractivity contribution >= 4 is 40.6 Å². The fourth-order valence-corrected chi connectivity index (χ4v) is 10.7. The van der Waals surface area contributed by atoms with Crippen LogP contribution in [-0.2, 0) is 31.1 Å². The summed E-state index contributed by atoms with van der Waals surface area (Å²) in [6, 6.07) is 33.5. The highest BCUT2D eigenvalue weighted by Crippen LogP contribution is 2.64. The fourth-order valence-electron chi connectivity index (χ4n) is 10.5. The molecule has 272 valence electrons. The van der Waals surface area contributed by atoms with E-state index < -0.39 is 35.0 Å². The highest BCUT2D eigenvalue weighted by molar-refractivity contribution is 6.32. The van der Waals surface area contributed by atoms with Crippen LogP contribution in [0.2, 0.25) is 5.02 Å². The normalized spacial score (nSPS) is 28.6. The van der Waals surface area contributed by atoms with Crippen molar-refractivity contribution in [3.63, 3.8) is 0 Å². The molecule has 1 N–H and O–H groups in total. The van der Waals surface area contributed by atoms with Gasteiger partial charge in [0.1, 0.15) is 5.75 Å². The Morgan fingerprint density at radius 1 is 0.778 bits per heavy atom. The van der Waals surface area contributed by atoms with Crippen LogP contribution in [0.5, 0.6) is 5.75 Å². The molecule has 0 spiro atoms. The Kier molecular flexibility index (Phi) is 8.75. The van der Waals surface area contributed by atoms with E-state index in [1.165, 1.54) is 17.7 Å². The number of carbonyl (C=O) groups excluding carboxylic acids is 4. The number of ketones is 2. The summed E-state index contributed by atoms with van der Waals surface area (Å²) >= 11 is 6.63. The average Bonchev–Trinajstić information content (AvgIpc) is 3.46. The number of hydrogen-bond donors (Lipinski definition) is 1. The Bertz CT molecular complexity index is 2210. The van der Waals surface area contributed by atoms with Crippen LogP contribution in [0.4, 0.5) is 0 Å². The fraction of sp³-hybridized carbons (Fsp3) is 0.304. The molecule has 4 aromatic rings. The molecular formula is C46H41ClN2O5. The molecule has 3 fully saturated rings. The van der Waals surface area contributed by atoms with E-state index in [0.717, 1.165) is 25.2 Å². The van der Waals surface area contributed by atoms with Gasteiger partial charge in [0.2, 0.25) is 11.8 Å². The third kappa shape index (κ3) is 5.43. The van der Waals surface area contributed by atoms with E-state index in [4.69, 9.17) is 11.6 Å². The van der Waals surface area contributed by atoms with Crippen LogP contribution in [0.3, 0.4) is 0 Å². The first kappa shape index (κ1) is 34.6. The van der Waals surface area contributed by atoms with Gasteiger partial charge in [-0.2, -0.15) is 0 Å². The van der Waals surface area contributed by atoms with Crippen molar-refractivity contribution in [2.24, 2.45) is 23.7 Å². The summed E-state index contributed by atoms with van der Waals surface area (Å²) in [5.41, 5.74) is 2.71. The first-order valence-electron chi connectivity index (χ1n) is 19.0. The maximum absolute atomic E-state index is 15.2. The number of hydrogen-bond acceptors (Lipinski definition) is 6. The van der Waals surface area contributed by atoms with Gasteiger partial charge in [0.25, 0.3) is 0 Å². The van der Waals surface area contributed by atoms with Crippen molar-refractivity contribution in [1.29, 1.82) is 0 Å². The molecule has 4 aromatic carbocycles. The van der Waals surface area contributed by atoms with Crippen molar-refractivity contribution in [3.05, 3.63) is 154 Å². The molecule has 2 amide bonds. The molecule has 0 aromatic heterocycles. The number of piperidine rings is 1. The zero-order chi connectivity index (χ0) is 37.1. The lowest BCUT2D eigenvalue weighted by molar-refractivity contribution is -0.144. The Morgan fingerprint density at radius 3 is 2.15 bits per heavy atom. The maximum atomic E-state index is 15.2. The number of nitrogens with zero attached hydrogens (tertiary/aromatic N) is 2. The van der Waals surface area contributed by atoms with E-state index in [1.807, 2.05) is 84.9 Å². The van der Waals surface area contributed by atoms with E-state index in [-0.39, 0.29) is 41.6 Å². The minimum Gasteiger partial charge on any atom is -0.508 e. The predicted octanol–water partition coefficient (Wildman–Crippen LogP) is 7.53. The largest absolute Gasteiger partial charge is 0.508 e. The summed E-state index contributed by atoms with van der Waals surface area (Å²) in [5, 5.41) is 12.0. The molecule has 54 heavy (non-hydrogen) atoms. The molecule has 2 saturated heterocycles. The van der Waals surface area contributed by atoms with Gasteiger partial charge in [-0.1, -0.05) is 114 Å². The maximum Gasteiger partial charge on any atom is 0.233 e. The monoisotopic (exact) mass is 736 g/mol. The third-order valence-electron chi connectivity index (χ3n) is 12.9. The zero-order valence-corrected chi connectivity index (χ0v) is 30.6. The van der Waals surface area contributed by atoms with Gasteiger partial charge in [0.05, 0.1) is 17.3 Å². The molecule has 6 atom stereocenters. The second-order valence-electron chi connectivity index (χ2n) is 15.5. The highest BCUT2D eigenvalue weighted by atomic mass is 35.5. The molecule has 5 aliphatic rings. The van der Waals surface area contributed by atoms with E-state index in [9.17, 15) is 14.7 Å². The van der Waals surface area contributed by atoms with Gasteiger partial charge in [-0.3, -0.25) is 29.0 Å². The number of fused-ring (bicyclic) bond motifs is 4. The Labute approximate surface area is 319 Å². The quantitative estimate of drug-likeness (QED) is 0.163. The standard InChI is InChI=1S/C46H41ClN2O5/c47-31-16-19-39(50)37(24-31)42-33-17-18-34-41(45(54)49(44(34)53)32-20-22-48(23-21-32)27-28-10-4-1-5-11-28)36(33)25-38-43(52)35(29-12-6-2-7-13-29)26-40(51)46(38,42)30-14-8-3-9-15-30/h1-17,19,24,26,32,34,36,38,41-42,50H,18,20-23,25,27H2. The minimum atomic E-state index is -1.43. The summed E-state index contributed by atoms with van der Waals surface area (Å²) in [7, 11) is 0. The number of aromatic hydroxyl groups is 1. The van der Waals surface area contributed by atoms with Crippen LogP contribution in [0.15, 0.2) is 127 Å². The molecule has 7 nitrogen and oxygen atoms in total. The number of rotatable bonds is 6. The van der Waals surface area contributed by atoms with E-state index >= 15 is 9.59 Å². The van der Waals surface area contributed by atoms with Gasteiger partial charge in [0, 0.05) is 53.7 Å². The number of amides is 2. The van der Waals surface area contributed by atoms with E-state index in [2.05, 4.69) is 17.0 Å². The van der Waals surface area contributed by atoms with Gasteiger partial charge in [-0.25, -0.2) is 0 Å². The molecule has 0 radical (unpaired) electrons. The predicted molar refractivity (Wildman–Crippen MR) is 206 cm³/mol. The molecule has 6 unspecified atom stereocenters. The van der Waals surface area contributed by atoms with Crippen molar-refractivity contribution in [2.45, 2.75) is 49.6 Å². The molecule has 9 rings (SSSR count). The van der Waals surface area contributed by atoms with E-state index in [0.29, 0.717) is 46.5 Å². The molecule has 2 aliphatic heterocycles. The number of benzene rings is 4. The number of Topliss-reactive ketones (excluding diaryl/α,β-unsaturated/α-hetero) is 1.